The molecule has 0 bridgehead atoms. The van der Waals surface area contributed by atoms with Crippen molar-refractivity contribution < 1.29 is 19.1 Å². The molecule has 0 aromatic heterocycles. The van der Waals surface area contributed by atoms with Gasteiger partial charge in [-0.25, -0.2) is 0 Å². The molecule has 0 aromatic rings. The van der Waals surface area contributed by atoms with E-state index < -0.39 is 0 Å². The summed E-state index contributed by atoms with van der Waals surface area (Å²) in [6, 6.07) is 0. The highest BCUT2D eigenvalue weighted by Gasteiger charge is 2.43. The smallest absolute Gasteiger partial charge is 0.313 e. The third-order valence-electron chi connectivity index (χ3n) is 6.68. The molecule has 1 heterocycles. The monoisotopic (exact) mass is 464 g/mol. The van der Waals surface area contributed by atoms with E-state index in [0.717, 1.165) is 25.7 Å². The molecule has 4 heteroatoms. The number of carbonyl (C=O) groups excluding carboxylic acids is 2. The molecule has 0 spiro atoms. The molecule has 4 nitrogen and oxygen atoms in total. The summed E-state index contributed by atoms with van der Waals surface area (Å²) in [7, 11) is 0. The van der Waals surface area contributed by atoms with Crippen LogP contribution in [0.4, 0.5) is 0 Å². The first-order valence-corrected chi connectivity index (χ1v) is 13.9. The Morgan fingerprint density at radius 3 is 2.21 bits per heavy atom. The SMILES string of the molecule is CCCCCCCC/C=C/CC(CC1OC(=O)C1CCCCCC)OC(=O)C(C)CC(C)C. The minimum Gasteiger partial charge on any atom is -0.462 e. The van der Waals surface area contributed by atoms with Crippen molar-refractivity contribution in [1.82, 2.24) is 0 Å². The second-order valence-corrected chi connectivity index (χ2v) is 10.5. The van der Waals surface area contributed by atoms with Gasteiger partial charge in [-0.15, -0.1) is 0 Å². The van der Waals surface area contributed by atoms with Crippen molar-refractivity contribution in [2.75, 3.05) is 0 Å². The van der Waals surface area contributed by atoms with Gasteiger partial charge >= 0.3 is 11.9 Å². The summed E-state index contributed by atoms with van der Waals surface area (Å²) in [5.41, 5.74) is 0. The molecule has 1 fully saturated rings. The fourth-order valence-corrected chi connectivity index (χ4v) is 4.65. The first-order valence-electron chi connectivity index (χ1n) is 13.9. The molecular formula is C29H52O4. The molecule has 4 unspecified atom stereocenters. The van der Waals surface area contributed by atoms with E-state index in [2.05, 4.69) is 39.8 Å². The van der Waals surface area contributed by atoms with Crippen LogP contribution < -0.4 is 0 Å². The molecule has 4 atom stereocenters. The summed E-state index contributed by atoms with van der Waals surface area (Å²) < 4.78 is 11.4. The van der Waals surface area contributed by atoms with Crippen LogP contribution in [0.1, 0.15) is 131 Å². The lowest BCUT2D eigenvalue weighted by Gasteiger charge is -2.37. The number of esters is 2. The summed E-state index contributed by atoms with van der Waals surface area (Å²) in [4.78, 5) is 24.7. The van der Waals surface area contributed by atoms with Gasteiger partial charge in [-0.1, -0.05) is 105 Å². The number of carbonyl (C=O) groups is 2. The highest BCUT2D eigenvalue weighted by molar-refractivity contribution is 5.78. The van der Waals surface area contributed by atoms with Gasteiger partial charge in [-0.05, 0) is 31.6 Å². The standard InChI is InChI=1S/C29H52O4/c1-6-8-10-12-13-14-15-16-17-19-25(32-28(30)24(5)21-23(3)4)22-27-26(29(31)33-27)20-18-11-9-7-2/h16-17,23-27H,6-15,18-22H2,1-5H3/b17-16+. The van der Waals surface area contributed by atoms with Crippen LogP contribution in [-0.4, -0.2) is 24.1 Å². The minimum atomic E-state index is -0.218. The van der Waals surface area contributed by atoms with E-state index in [1.54, 1.807) is 0 Å². The van der Waals surface area contributed by atoms with Gasteiger partial charge in [0.05, 0.1) is 11.8 Å². The maximum absolute atomic E-state index is 12.7. The zero-order valence-corrected chi connectivity index (χ0v) is 22.3. The topological polar surface area (TPSA) is 52.6 Å². The van der Waals surface area contributed by atoms with E-state index in [1.807, 2.05) is 6.92 Å². The number of unbranched alkanes of at least 4 members (excludes halogenated alkanes) is 9. The maximum Gasteiger partial charge on any atom is 0.313 e. The van der Waals surface area contributed by atoms with Crippen LogP contribution >= 0.6 is 0 Å². The lowest BCUT2D eigenvalue weighted by molar-refractivity contribution is -0.190. The van der Waals surface area contributed by atoms with Crippen LogP contribution in [0, 0.1) is 17.8 Å². The zero-order valence-electron chi connectivity index (χ0n) is 22.3. The van der Waals surface area contributed by atoms with E-state index in [9.17, 15) is 9.59 Å². The van der Waals surface area contributed by atoms with Gasteiger partial charge < -0.3 is 9.47 Å². The molecule has 1 aliphatic heterocycles. The average Bonchev–Trinajstić information content (AvgIpc) is 2.76. The predicted octanol–water partition coefficient (Wildman–Crippen LogP) is 8.18. The van der Waals surface area contributed by atoms with Crippen LogP contribution in [0.15, 0.2) is 12.2 Å². The van der Waals surface area contributed by atoms with Crippen molar-refractivity contribution in [3.05, 3.63) is 12.2 Å². The van der Waals surface area contributed by atoms with Crippen LogP contribution in [0.3, 0.4) is 0 Å². The Morgan fingerprint density at radius 1 is 0.939 bits per heavy atom. The Hall–Kier alpha value is -1.32. The molecule has 1 aliphatic rings. The van der Waals surface area contributed by atoms with E-state index in [4.69, 9.17) is 9.47 Å². The van der Waals surface area contributed by atoms with Gasteiger partial charge in [0.25, 0.3) is 0 Å². The number of rotatable bonds is 20. The molecule has 0 aromatic carbocycles. The van der Waals surface area contributed by atoms with Gasteiger partial charge in [-0.2, -0.15) is 0 Å². The summed E-state index contributed by atoms with van der Waals surface area (Å²) in [6.07, 6.45) is 20.6. The molecule has 0 saturated carbocycles. The van der Waals surface area contributed by atoms with Crippen molar-refractivity contribution in [3.63, 3.8) is 0 Å². The molecule has 192 valence electrons. The largest absolute Gasteiger partial charge is 0.462 e. The van der Waals surface area contributed by atoms with Crippen LogP contribution in [0.2, 0.25) is 0 Å². The third-order valence-corrected chi connectivity index (χ3v) is 6.68. The maximum atomic E-state index is 12.7. The number of allylic oxidation sites excluding steroid dienone is 1. The van der Waals surface area contributed by atoms with Crippen LogP contribution in [-0.2, 0) is 19.1 Å². The van der Waals surface area contributed by atoms with Gasteiger partial charge in [0, 0.05) is 12.8 Å². The number of cyclic esters (lactones) is 1. The second-order valence-electron chi connectivity index (χ2n) is 10.5. The van der Waals surface area contributed by atoms with Crippen LogP contribution in [0.5, 0.6) is 0 Å². The fourth-order valence-electron chi connectivity index (χ4n) is 4.65. The second kappa shape index (κ2) is 18.1. The van der Waals surface area contributed by atoms with Gasteiger partial charge in [0.15, 0.2) is 0 Å². The number of hydrogen-bond acceptors (Lipinski definition) is 4. The summed E-state index contributed by atoms with van der Waals surface area (Å²) in [5.74, 6) is 0.136. The molecule has 1 saturated heterocycles. The minimum absolute atomic E-state index is 0.0248. The highest BCUT2D eigenvalue weighted by atomic mass is 16.6. The first kappa shape index (κ1) is 29.7. The van der Waals surface area contributed by atoms with Crippen molar-refractivity contribution in [1.29, 1.82) is 0 Å². The highest BCUT2D eigenvalue weighted by Crippen LogP contribution is 2.32. The Bertz CT molecular complexity index is 554. The quantitative estimate of drug-likeness (QED) is 0.104. The number of ether oxygens (including phenoxy) is 2. The first-order chi connectivity index (χ1) is 15.9. The summed E-state index contributed by atoms with van der Waals surface area (Å²) in [5, 5.41) is 0. The third kappa shape index (κ3) is 13.2. The molecule has 33 heavy (non-hydrogen) atoms. The fraction of sp³-hybridized carbons (Fsp3) is 0.862. The van der Waals surface area contributed by atoms with E-state index in [-0.39, 0.29) is 36.0 Å². The van der Waals surface area contributed by atoms with Gasteiger partial charge in [0.2, 0.25) is 0 Å². The predicted molar refractivity (Wildman–Crippen MR) is 137 cm³/mol. The van der Waals surface area contributed by atoms with Gasteiger partial charge in [-0.3, -0.25) is 9.59 Å². The Balaban J connectivity index is 2.54. The molecular weight excluding hydrogens is 412 g/mol. The van der Waals surface area contributed by atoms with Crippen molar-refractivity contribution in [2.24, 2.45) is 17.8 Å². The molecule has 0 amide bonds. The normalized spacial score (nSPS) is 20.0. The molecule has 1 rings (SSSR count). The molecule has 0 aliphatic carbocycles. The number of hydrogen-bond donors (Lipinski definition) is 0. The lowest BCUT2D eigenvalue weighted by Crippen LogP contribution is -2.47. The Morgan fingerprint density at radius 2 is 1.58 bits per heavy atom. The Kier molecular flexibility index (Phi) is 16.3. The Labute approximate surface area is 204 Å². The van der Waals surface area contributed by atoms with E-state index >= 15 is 0 Å². The van der Waals surface area contributed by atoms with Crippen LogP contribution in [0.25, 0.3) is 0 Å². The van der Waals surface area contributed by atoms with E-state index in [0.29, 0.717) is 18.8 Å². The lowest BCUT2D eigenvalue weighted by atomic mass is 9.87. The van der Waals surface area contributed by atoms with E-state index in [1.165, 1.54) is 57.8 Å². The van der Waals surface area contributed by atoms with Crippen molar-refractivity contribution in [2.45, 2.75) is 143 Å². The van der Waals surface area contributed by atoms with Crippen molar-refractivity contribution >= 4 is 11.9 Å². The molecule has 0 radical (unpaired) electrons. The van der Waals surface area contributed by atoms with Crippen molar-refractivity contribution in [3.8, 4) is 0 Å². The summed E-state index contributed by atoms with van der Waals surface area (Å²) >= 11 is 0. The summed E-state index contributed by atoms with van der Waals surface area (Å²) in [6.45, 7) is 10.6. The molecule has 0 N–H and O–H groups in total. The zero-order chi connectivity index (χ0) is 24.5. The average molecular weight is 465 g/mol. The van der Waals surface area contributed by atoms with Gasteiger partial charge in [0.1, 0.15) is 12.2 Å².